The molecule has 0 aromatic heterocycles. The quantitative estimate of drug-likeness (QED) is 0.624. The third-order valence-electron chi connectivity index (χ3n) is 6.18. The third kappa shape index (κ3) is 6.30. The van der Waals surface area contributed by atoms with Crippen LogP contribution in [0.3, 0.4) is 0 Å². The van der Waals surface area contributed by atoms with Crippen molar-refractivity contribution in [1.82, 2.24) is 9.21 Å². The Labute approximate surface area is 191 Å². The highest BCUT2D eigenvalue weighted by Gasteiger charge is 2.31. The van der Waals surface area contributed by atoms with Crippen LogP contribution in [0.1, 0.15) is 49.7 Å². The van der Waals surface area contributed by atoms with Crippen LogP contribution in [0, 0.1) is 0 Å². The SMILES string of the molecule is CC(O)CN(C)Cc1ccc(C2CCC(N(C)S(=O)(=O)c3ccc(Cl)cc3)CC2)cc1. The van der Waals surface area contributed by atoms with Crippen molar-refractivity contribution in [2.45, 2.75) is 62.1 Å². The molecule has 1 atom stereocenters. The van der Waals surface area contributed by atoms with Crippen LogP contribution in [0.15, 0.2) is 53.4 Å². The molecule has 0 heterocycles. The molecule has 31 heavy (non-hydrogen) atoms. The van der Waals surface area contributed by atoms with Crippen molar-refractivity contribution in [2.24, 2.45) is 0 Å². The number of halogens is 1. The Morgan fingerprint density at radius 3 is 2.13 bits per heavy atom. The zero-order valence-electron chi connectivity index (χ0n) is 18.5. The number of aliphatic hydroxyl groups is 1. The van der Waals surface area contributed by atoms with E-state index in [0.29, 0.717) is 17.5 Å². The molecule has 3 rings (SSSR count). The molecule has 0 amide bonds. The van der Waals surface area contributed by atoms with Crippen molar-refractivity contribution in [3.63, 3.8) is 0 Å². The summed E-state index contributed by atoms with van der Waals surface area (Å²) in [6.07, 6.45) is 3.33. The first-order chi connectivity index (χ1) is 14.7. The minimum atomic E-state index is -3.51. The van der Waals surface area contributed by atoms with Gasteiger partial charge in [0.15, 0.2) is 0 Å². The largest absolute Gasteiger partial charge is 0.392 e. The van der Waals surface area contributed by atoms with Crippen LogP contribution in [0.4, 0.5) is 0 Å². The van der Waals surface area contributed by atoms with E-state index in [1.165, 1.54) is 15.4 Å². The van der Waals surface area contributed by atoms with Crippen LogP contribution >= 0.6 is 11.6 Å². The van der Waals surface area contributed by atoms with Gasteiger partial charge < -0.3 is 5.11 Å². The van der Waals surface area contributed by atoms with E-state index in [-0.39, 0.29) is 17.0 Å². The van der Waals surface area contributed by atoms with E-state index in [2.05, 4.69) is 29.2 Å². The lowest BCUT2D eigenvalue weighted by atomic mass is 9.81. The number of hydrogen-bond donors (Lipinski definition) is 1. The highest BCUT2D eigenvalue weighted by Crippen LogP contribution is 2.36. The van der Waals surface area contributed by atoms with Crippen LogP contribution in [0.25, 0.3) is 0 Å². The summed E-state index contributed by atoms with van der Waals surface area (Å²) in [7, 11) is 0.187. The molecule has 0 saturated heterocycles. The number of rotatable bonds is 8. The van der Waals surface area contributed by atoms with Gasteiger partial charge in [-0.1, -0.05) is 35.9 Å². The van der Waals surface area contributed by atoms with Gasteiger partial charge in [0.25, 0.3) is 0 Å². The first kappa shape index (κ1) is 24.2. The molecule has 1 aliphatic carbocycles. The van der Waals surface area contributed by atoms with Crippen LogP contribution in [0.2, 0.25) is 5.02 Å². The van der Waals surface area contributed by atoms with Gasteiger partial charge in [0.05, 0.1) is 11.0 Å². The molecule has 2 aromatic carbocycles. The molecule has 1 unspecified atom stereocenters. The van der Waals surface area contributed by atoms with Gasteiger partial charge in [0.2, 0.25) is 10.0 Å². The summed E-state index contributed by atoms with van der Waals surface area (Å²) in [5.74, 6) is 0.465. The lowest BCUT2D eigenvalue weighted by Gasteiger charge is -2.34. The van der Waals surface area contributed by atoms with Gasteiger partial charge >= 0.3 is 0 Å². The van der Waals surface area contributed by atoms with Crippen LogP contribution < -0.4 is 0 Å². The molecule has 1 saturated carbocycles. The van der Waals surface area contributed by atoms with Gasteiger partial charge in [-0.15, -0.1) is 0 Å². The standard InChI is InChI=1S/C24H33ClN2O3S/c1-18(28)16-26(2)17-19-4-6-20(7-5-19)21-8-12-23(13-9-21)27(3)31(29,30)24-14-10-22(25)11-15-24/h4-7,10-11,14-15,18,21,23,28H,8-9,12-13,16-17H2,1-3H3. The smallest absolute Gasteiger partial charge is 0.243 e. The summed E-state index contributed by atoms with van der Waals surface area (Å²) >= 11 is 5.90. The van der Waals surface area contributed by atoms with Crippen molar-refractivity contribution in [3.8, 4) is 0 Å². The first-order valence-electron chi connectivity index (χ1n) is 10.9. The average molecular weight is 465 g/mol. The van der Waals surface area contributed by atoms with Crippen LogP contribution in [0.5, 0.6) is 0 Å². The van der Waals surface area contributed by atoms with E-state index in [4.69, 9.17) is 11.6 Å². The second-order valence-corrected chi connectivity index (χ2v) is 11.2. The van der Waals surface area contributed by atoms with E-state index in [0.717, 1.165) is 32.2 Å². The maximum absolute atomic E-state index is 12.9. The van der Waals surface area contributed by atoms with E-state index in [1.54, 1.807) is 38.2 Å². The van der Waals surface area contributed by atoms with Crippen molar-refractivity contribution >= 4 is 21.6 Å². The van der Waals surface area contributed by atoms with Crippen LogP contribution in [-0.4, -0.2) is 55.5 Å². The maximum atomic E-state index is 12.9. The monoisotopic (exact) mass is 464 g/mol. The number of nitrogens with zero attached hydrogens (tertiary/aromatic N) is 2. The molecule has 7 heteroatoms. The van der Waals surface area contributed by atoms with Crippen molar-refractivity contribution in [2.75, 3.05) is 20.6 Å². The summed E-state index contributed by atoms with van der Waals surface area (Å²) < 4.78 is 27.4. The number of benzene rings is 2. The van der Waals surface area contributed by atoms with Gasteiger partial charge in [-0.3, -0.25) is 4.90 Å². The van der Waals surface area contributed by atoms with Gasteiger partial charge in [-0.25, -0.2) is 8.42 Å². The van der Waals surface area contributed by atoms with Gasteiger partial charge in [0.1, 0.15) is 0 Å². The first-order valence-corrected chi connectivity index (χ1v) is 12.7. The summed E-state index contributed by atoms with van der Waals surface area (Å²) in [6.45, 7) is 3.26. The Morgan fingerprint density at radius 2 is 1.58 bits per heavy atom. The Bertz CT molecular complexity index is 938. The second-order valence-electron chi connectivity index (χ2n) is 8.77. The topological polar surface area (TPSA) is 60.9 Å². The summed E-state index contributed by atoms with van der Waals surface area (Å²) in [5.41, 5.74) is 2.55. The fourth-order valence-electron chi connectivity index (χ4n) is 4.46. The minimum Gasteiger partial charge on any atom is -0.392 e. The zero-order chi connectivity index (χ0) is 22.6. The molecule has 2 aromatic rings. The van der Waals surface area contributed by atoms with E-state index >= 15 is 0 Å². The zero-order valence-corrected chi connectivity index (χ0v) is 20.1. The number of sulfonamides is 1. The molecule has 1 fully saturated rings. The Hall–Kier alpha value is -1.44. The number of aliphatic hydroxyl groups excluding tert-OH is 1. The fourth-order valence-corrected chi connectivity index (χ4v) is 6.01. The fraction of sp³-hybridized carbons (Fsp3) is 0.500. The molecule has 0 aliphatic heterocycles. The minimum absolute atomic E-state index is 0.0188. The molecule has 5 nitrogen and oxygen atoms in total. The summed E-state index contributed by atoms with van der Waals surface area (Å²) in [5, 5.41) is 10.0. The predicted octanol–water partition coefficient (Wildman–Crippen LogP) is 4.50. The molecule has 0 radical (unpaired) electrons. The molecule has 1 aliphatic rings. The number of likely N-dealkylation sites (N-methyl/N-ethyl adjacent to an activating group) is 1. The highest BCUT2D eigenvalue weighted by atomic mass is 35.5. The Balaban J connectivity index is 1.57. The number of hydrogen-bond acceptors (Lipinski definition) is 4. The maximum Gasteiger partial charge on any atom is 0.243 e. The predicted molar refractivity (Wildman–Crippen MR) is 126 cm³/mol. The van der Waals surface area contributed by atoms with Crippen molar-refractivity contribution < 1.29 is 13.5 Å². The molecular weight excluding hydrogens is 432 g/mol. The molecular formula is C24H33ClN2O3S. The van der Waals surface area contributed by atoms with Crippen LogP contribution in [-0.2, 0) is 16.6 Å². The van der Waals surface area contributed by atoms with Gasteiger partial charge in [0, 0.05) is 31.2 Å². The molecule has 0 spiro atoms. The molecule has 0 bridgehead atoms. The molecule has 170 valence electrons. The summed E-state index contributed by atoms with van der Waals surface area (Å²) in [6, 6.07) is 15.1. The lowest BCUT2D eigenvalue weighted by Crippen LogP contribution is -2.39. The second kappa shape index (κ2) is 10.5. The van der Waals surface area contributed by atoms with Gasteiger partial charge in [-0.05, 0) is 81.0 Å². The highest BCUT2D eigenvalue weighted by molar-refractivity contribution is 7.89. The van der Waals surface area contributed by atoms with Crippen molar-refractivity contribution in [1.29, 1.82) is 0 Å². The third-order valence-corrected chi connectivity index (χ3v) is 8.36. The van der Waals surface area contributed by atoms with E-state index in [1.807, 2.05) is 7.05 Å². The Kier molecular flexibility index (Phi) is 8.16. The van der Waals surface area contributed by atoms with E-state index < -0.39 is 10.0 Å². The Morgan fingerprint density at radius 1 is 1.00 bits per heavy atom. The van der Waals surface area contributed by atoms with E-state index in [9.17, 15) is 13.5 Å². The van der Waals surface area contributed by atoms with Crippen molar-refractivity contribution in [3.05, 3.63) is 64.7 Å². The lowest BCUT2D eigenvalue weighted by molar-refractivity contribution is 0.138. The normalized spacial score (nSPS) is 20.9. The average Bonchev–Trinajstić information content (AvgIpc) is 2.73. The molecule has 1 N–H and O–H groups in total. The summed E-state index contributed by atoms with van der Waals surface area (Å²) in [4.78, 5) is 2.40. The van der Waals surface area contributed by atoms with Gasteiger partial charge in [-0.2, -0.15) is 4.31 Å².